The predicted octanol–water partition coefficient (Wildman–Crippen LogP) is 3.52. The summed E-state index contributed by atoms with van der Waals surface area (Å²) in [6.07, 6.45) is 1.15. The molecule has 2 aromatic rings. The Kier molecular flexibility index (Phi) is 5.51. The molecule has 1 N–H and O–H groups in total. The van der Waals surface area contributed by atoms with Crippen molar-refractivity contribution in [1.82, 2.24) is 10.3 Å². The first-order valence-electron chi connectivity index (χ1n) is 6.98. The van der Waals surface area contributed by atoms with Gasteiger partial charge in [0.05, 0.1) is 12.8 Å². The van der Waals surface area contributed by atoms with E-state index in [4.69, 9.17) is 9.47 Å². The molecule has 0 atom stereocenters. The van der Waals surface area contributed by atoms with Crippen LogP contribution in [0.25, 0.3) is 0 Å². The molecule has 4 nitrogen and oxygen atoms in total. The molecule has 5 heteroatoms. The van der Waals surface area contributed by atoms with E-state index in [0.29, 0.717) is 30.3 Å². The number of pyridine rings is 1. The van der Waals surface area contributed by atoms with Crippen molar-refractivity contribution in [2.24, 2.45) is 0 Å². The second kappa shape index (κ2) is 7.59. The third-order valence-electron chi connectivity index (χ3n) is 2.79. The minimum atomic E-state index is -0.377. The second-order valence-corrected chi connectivity index (χ2v) is 4.41. The summed E-state index contributed by atoms with van der Waals surface area (Å²) >= 11 is 0. The molecule has 0 fully saturated rings. The van der Waals surface area contributed by atoms with Crippen molar-refractivity contribution in [3.8, 4) is 17.4 Å². The maximum atomic E-state index is 13.3. The lowest BCUT2D eigenvalue weighted by Gasteiger charge is -2.11. The molecule has 1 aromatic carbocycles. The highest BCUT2D eigenvalue weighted by atomic mass is 19.1. The fourth-order valence-corrected chi connectivity index (χ4v) is 1.85. The molecule has 0 radical (unpaired) electrons. The fraction of sp³-hybridized carbons (Fsp3) is 0.312. The highest BCUT2D eigenvalue weighted by Crippen LogP contribution is 2.26. The number of halogens is 1. The van der Waals surface area contributed by atoms with Crippen molar-refractivity contribution in [1.29, 1.82) is 0 Å². The lowest BCUT2D eigenvalue weighted by Crippen LogP contribution is -2.13. The lowest BCUT2D eigenvalue weighted by atomic mass is 10.2. The smallest absolute Gasteiger partial charge is 0.223 e. The first-order chi connectivity index (χ1) is 10.2. The number of nitrogens with zero attached hydrogens (tertiary/aromatic N) is 1. The third kappa shape index (κ3) is 4.43. The standard InChI is InChI=1S/C16H19FN2O2/c1-3-18-10-12-8-13(17)11-19-16(12)21-15-7-5-6-14(9-15)20-4-2/h5-9,11,18H,3-4,10H2,1-2H3. The maximum Gasteiger partial charge on any atom is 0.223 e. The van der Waals surface area contributed by atoms with Crippen molar-refractivity contribution in [3.05, 3.63) is 47.9 Å². The lowest BCUT2D eigenvalue weighted by molar-refractivity contribution is 0.337. The van der Waals surface area contributed by atoms with E-state index in [1.165, 1.54) is 6.07 Å². The first kappa shape index (κ1) is 15.3. The SMILES string of the molecule is CCNCc1cc(F)cnc1Oc1cccc(OCC)c1. The zero-order chi connectivity index (χ0) is 15.1. The van der Waals surface area contributed by atoms with Crippen LogP contribution in [0.1, 0.15) is 19.4 Å². The molecule has 0 saturated carbocycles. The molecule has 21 heavy (non-hydrogen) atoms. The summed E-state index contributed by atoms with van der Waals surface area (Å²) in [5.41, 5.74) is 0.679. The van der Waals surface area contributed by atoms with Crippen molar-refractivity contribution in [2.45, 2.75) is 20.4 Å². The van der Waals surface area contributed by atoms with Crippen LogP contribution >= 0.6 is 0 Å². The fourth-order valence-electron chi connectivity index (χ4n) is 1.85. The molecule has 0 unspecified atom stereocenters. The highest BCUT2D eigenvalue weighted by molar-refractivity contribution is 5.37. The third-order valence-corrected chi connectivity index (χ3v) is 2.79. The second-order valence-electron chi connectivity index (χ2n) is 4.41. The number of hydrogen-bond acceptors (Lipinski definition) is 4. The molecular weight excluding hydrogens is 271 g/mol. The summed E-state index contributed by atoms with van der Waals surface area (Å²) in [5.74, 6) is 1.35. The molecule has 0 bridgehead atoms. The topological polar surface area (TPSA) is 43.4 Å². The zero-order valence-corrected chi connectivity index (χ0v) is 12.2. The van der Waals surface area contributed by atoms with Crippen LogP contribution in [0.2, 0.25) is 0 Å². The van der Waals surface area contributed by atoms with Gasteiger partial charge in [0.1, 0.15) is 17.3 Å². The Morgan fingerprint density at radius 1 is 1.19 bits per heavy atom. The van der Waals surface area contributed by atoms with E-state index in [2.05, 4.69) is 10.3 Å². The average Bonchev–Trinajstić information content (AvgIpc) is 2.48. The van der Waals surface area contributed by atoms with Crippen LogP contribution < -0.4 is 14.8 Å². The van der Waals surface area contributed by atoms with Gasteiger partial charge in [-0.2, -0.15) is 0 Å². The molecule has 0 aliphatic heterocycles. The van der Waals surface area contributed by atoms with Crippen LogP contribution in [-0.4, -0.2) is 18.1 Å². The first-order valence-corrected chi connectivity index (χ1v) is 6.98. The summed E-state index contributed by atoms with van der Waals surface area (Å²) in [4.78, 5) is 4.02. The molecule has 1 aromatic heterocycles. The highest BCUT2D eigenvalue weighted by Gasteiger charge is 2.09. The Morgan fingerprint density at radius 3 is 2.76 bits per heavy atom. The average molecular weight is 290 g/mol. The number of nitrogens with one attached hydrogen (secondary N) is 1. The Hall–Kier alpha value is -2.14. The van der Waals surface area contributed by atoms with E-state index in [9.17, 15) is 4.39 Å². The van der Waals surface area contributed by atoms with E-state index in [1.807, 2.05) is 32.0 Å². The minimum Gasteiger partial charge on any atom is -0.494 e. The van der Waals surface area contributed by atoms with E-state index < -0.39 is 0 Å². The van der Waals surface area contributed by atoms with E-state index in [-0.39, 0.29) is 5.82 Å². The summed E-state index contributed by atoms with van der Waals surface area (Å²) in [5, 5.41) is 3.14. The molecule has 0 saturated heterocycles. The maximum absolute atomic E-state index is 13.3. The van der Waals surface area contributed by atoms with Gasteiger partial charge in [0.25, 0.3) is 0 Å². The summed E-state index contributed by atoms with van der Waals surface area (Å²) in [7, 11) is 0. The number of rotatable bonds is 7. The Morgan fingerprint density at radius 2 is 2.00 bits per heavy atom. The van der Waals surface area contributed by atoms with Gasteiger partial charge >= 0.3 is 0 Å². The van der Waals surface area contributed by atoms with Gasteiger partial charge in [-0.15, -0.1) is 0 Å². The molecule has 0 amide bonds. The summed E-state index contributed by atoms with van der Waals surface area (Å²) in [6, 6.07) is 8.72. The number of hydrogen-bond donors (Lipinski definition) is 1. The number of ether oxygens (including phenoxy) is 2. The predicted molar refractivity (Wildman–Crippen MR) is 79.3 cm³/mol. The molecule has 0 aliphatic carbocycles. The van der Waals surface area contributed by atoms with Gasteiger partial charge in [-0.05, 0) is 31.7 Å². The summed E-state index contributed by atoms with van der Waals surface area (Å²) < 4.78 is 24.5. The van der Waals surface area contributed by atoms with Crippen LogP contribution in [0.5, 0.6) is 17.4 Å². The van der Waals surface area contributed by atoms with Gasteiger partial charge in [-0.1, -0.05) is 13.0 Å². The summed E-state index contributed by atoms with van der Waals surface area (Å²) in [6.45, 7) is 5.78. The number of aromatic nitrogens is 1. The van der Waals surface area contributed by atoms with Crippen LogP contribution in [0.3, 0.4) is 0 Å². The van der Waals surface area contributed by atoms with Gasteiger partial charge < -0.3 is 14.8 Å². The van der Waals surface area contributed by atoms with E-state index >= 15 is 0 Å². The number of benzene rings is 1. The Bertz CT molecular complexity index is 590. The van der Waals surface area contributed by atoms with Crippen LogP contribution in [0.15, 0.2) is 36.5 Å². The molecule has 0 spiro atoms. The van der Waals surface area contributed by atoms with Crippen molar-refractivity contribution in [3.63, 3.8) is 0 Å². The van der Waals surface area contributed by atoms with Gasteiger partial charge in [0.2, 0.25) is 5.88 Å². The van der Waals surface area contributed by atoms with Crippen molar-refractivity contribution >= 4 is 0 Å². The molecular formula is C16H19FN2O2. The Balaban J connectivity index is 2.20. The van der Waals surface area contributed by atoms with Gasteiger partial charge in [-0.25, -0.2) is 9.37 Å². The largest absolute Gasteiger partial charge is 0.494 e. The van der Waals surface area contributed by atoms with Gasteiger partial charge in [0.15, 0.2) is 0 Å². The quantitative estimate of drug-likeness (QED) is 0.847. The van der Waals surface area contributed by atoms with Gasteiger partial charge in [0, 0.05) is 18.2 Å². The van der Waals surface area contributed by atoms with Gasteiger partial charge in [-0.3, -0.25) is 0 Å². The molecule has 112 valence electrons. The normalized spacial score (nSPS) is 10.4. The molecule has 2 rings (SSSR count). The van der Waals surface area contributed by atoms with Crippen LogP contribution in [-0.2, 0) is 6.54 Å². The molecule has 1 heterocycles. The van der Waals surface area contributed by atoms with E-state index in [0.717, 1.165) is 18.5 Å². The zero-order valence-electron chi connectivity index (χ0n) is 12.2. The van der Waals surface area contributed by atoms with Crippen LogP contribution in [0.4, 0.5) is 4.39 Å². The Labute approximate surface area is 123 Å². The minimum absolute atomic E-state index is 0.377. The van der Waals surface area contributed by atoms with Crippen molar-refractivity contribution in [2.75, 3.05) is 13.2 Å². The van der Waals surface area contributed by atoms with Crippen LogP contribution in [0, 0.1) is 5.82 Å². The molecule has 0 aliphatic rings. The van der Waals surface area contributed by atoms with E-state index in [1.54, 1.807) is 6.07 Å². The monoisotopic (exact) mass is 290 g/mol. The van der Waals surface area contributed by atoms with Crippen molar-refractivity contribution < 1.29 is 13.9 Å².